The number of barbiturate groups is 1. The number of benzene rings is 2. The monoisotopic (exact) mass is 400 g/mol. The number of para-hydroxylation sites is 1. The van der Waals surface area contributed by atoms with E-state index in [1.165, 1.54) is 18.2 Å². The van der Waals surface area contributed by atoms with Crippen LogP contribution in [0.3, 0.4) is 0 Å². The zero-order chi connectivity index (χ0) is 20.4. The van der Waals surface area contributed by atoms with E-state index in [0.717, 1.165) is 4.90 Å². The SMILES string of the molecule is CCOc1cc(/C=C2\C(=O)NC(=O)N(c3ccccc3C)C2=O)cc(Cl)c1O. The zero-order valence-corrected chi connectivity index (χ0v) is 15.9. The Bertz CT molecular complexity index is 1020. The zero-order valence-electron chi connectivity index (χ0n) is 15.2. The standard InChI is InChI=1S/C20H17ClN2O5/c1-3-28-16-10-12(9-14(21)17(16)24)8-13-18(25)22-20(27)23(19(13)26)15-7-5-4-6-11(15)2/h4-10,24H,3H2,1-2H3,(H,22,25,27)/b13-8+. The lowest BCUT2D eigenvalue weighted by Crippen LogP contribution is -2.54. The summed E-state index contributed by atoms with van der Waals surface area (Å²) in [6.45, 7) is 3.78. The number of urea groups is 1. The summed E-state index contributed by atoms with van der Waals surface area (Å²) in [6.07, 6.45) is 1.29. The van der Waals surface area contributed by atoms with Crippen LogP contribution in [0.4, 0.5) is 10.5 Å². The fourth-order valence-electron chi connectivity index (χ4n) is 2.80. The summed E-state index contributed by atoms with van der Waals surface area (Å²) >= 11 is 6.00. The molecule has 1 fully saturated rings. The van der Waals surface area contributed by atoms with Crippen LogP contribution in [-0.4, -0.2) is 29.6 Å². The van der Waals surface area contributed by atoms with Crippen molar-refractivity contribution in [2.75, 3.05) is 11.5 Å². The number of hydrogen-bond donors (Lipinski definition) is 2. The Balaban J connectivity index is 2.06. The third-order valence-corrected chi connectivity index (χ3v) is 4.41. The van der Waals surface area contributed by atoms with Crippen LogP contribution >= 0.6 is 11.6 Å². The van der Waals surface area contributed by atoms with Crippen LogP contribution < -0.4 is 15.0 Å². The first-order valence-electron chi connectivity index (χ1n) is 8.46. The number of phenols is 1. The van der Waals surface area contributed by atoms with Gasteiger partial charge in [-0.3, -0.25) is 14.9 Å². The fourth-order valence-corrected chi connectivity index (χ4v) is 3.02. The maximum atomic E-state index is 12.9. The number of aromatic hydroxyl groups is 1. The average Bonchev–Trinajstić information content (AvgIpc) is 2.64. The fraction of sp³-hybridized carbons (Fsp3) is 0.150. The van der Waals surface area contributed by atoms with E-state index < -0.39 is 17.8 Å². The normalized spacial score (nSPS) is 15.8. The number of hydrogen-bond acceptors (Lipinski definition) is 5. The molecule has 0 unspecified atom stereocenters. The molecule has 1 aliphatic rings. The van der Waals surface area contributed by atoms with Gasteiger partial charge in [0.25, 0.3) is 11.8 Å². The summed E-state index contributed by atoms with van der Waals surface area (Å²) < 4.78 is 5.31. The molecule has 0 bridgehead atoms. The van der Waals surface area contributed by atoms with Crippen molar-refractivity contribution in [2.45, 2.75) is 13.8 Å². The van der Waals surface area contributed by atoms with Gasteiger partial charge < -0.3 is 9.84 Å². The molecule has 1 heterocycles. The van der Waals surface area contributed by atoms with Crippen molar-refractivity contribution in [1.29, 1.82) is 0 Å². The molecule has 4 amide bonds. The number of ether oxygens (including phenoxy) is 1. The van der Waals surface area contributed by atoms with Crippen LogP contribution in [0.2, 0.25) is 5.02 Å². The van der Waals surface area contributed by atoms with Crippen LogP contribution in [0.25, 0.3) is 6.08 Å². The Morgan fingerprint density at radius 1 is 1.21 bits per heavy atom. The van der Waals surface area contributed by atoms with E-state index >= 15 is 0 Å². The number of nitrogens with one attached hydrogen (secondary N) is 1. The number of imide groups is 2. The number of halogens is 1. The van der Waals surface area contributed by atoms with Gasteiger partial charge in [0.1, 0.15) is 5.57 Å². The van der Waals surface area contributed by atoms with E-state index in [1.807, 2.05) is 0 Å². The Morgan fingerprint density at radius 3 is 2.61 bits per heavy atom. The van der Waals surface area contributed by atoms with Gasteiger partial charge in [-0.2, -0.15) is 0 Å². The van der Waals surface area contributed by atoms with Crippen molar-refractivity contribution >= 4 is 41.2 Å². The molecule has 0 aliphatic carbocycles. The lowest BCUT2D eigenvalue weighted by Gasteiger charge is -2.27. The highest BCUT2D eigenvalue weighted by Gasteiger charge is 2.37. The van der Waals surface area contributed by atoms with Gasteiger partial charge in [0.05, 0.1) is 17.3 Å². The van der Waals surface area contributed by atoms with Gasteiger partial charge in [0, 0.05) is 0 Å². The van der Waals surface area contributed by atoms with Crippen molar-refractivity contribution < 1.29 is 24.2 Å². The number of amides is 4. The van der Waals surface area contributed by atoms with Gasteiger partial charge in [0.15, 0.2) is 11.5 Å². The molecular weight excluding hydrogens is 384 g/mol. The maximum Gasteiger partial charge on any atom is 0.335 e. The van der Waals surface area contributed by atoms with Crippen molar-refractivity contribution in [1.82, 2.24) is 5.32 Å². The number of aryl methyl sites for hydroxylation is 1. The molecule has 2 aromatic rings. The van der Waals surface area contributed by atoms with Crippen LogP contribution in [0.5, 0.6) is 11.5 Å². The highest BCUT2D eigenvalue weighted by atomic mass is 35.5. The van der Waals surface area contributed by atoms with E-state index in [-0.39, 0.29) is 22.1 Å². The number of carbonyl (C=O) groups excluding carboxylic acids is 3. The second-order valence-corrected chi connectivity index (χ2v) is 6.43. The molecule has 144 valence electrons. The Kier molecular flexibility index (Phi) is 5.37. The number of nitrogens with zero attached hydrogens (tertiary/aromatic N) is 1. The smallest absolute Gasteiger partial charge is 0.335 e. The third-order valence-electron chi connectivity index (χ3n) is 4.12. The quantitative estimate of drug-likeness (QED) is 0.605. The van der Waals surface area contributed by atoms with Gasteiger partial charge >= 0.3 is 6.03 Å². The lowest BCUT2D eigenvalue weighted by molar-refractivity contribution is -0.122. The number of phenolic OH excluding ortho intramolecular Hbond substituents is 1. The van der Waals surface area contributed by atoms with Crippen molar-refractivity contribution in [3.8, 4) is 11.5 Å². The van der Waals surface area contributed by atoms with Crippen molar-refractivity contribution in [2.24, 2.45) is 0 Å². The molecule has 2 N–H and O–H groups in total. The van der Waals surface area contributed by atoms with Crippen LogP contribution in [0.15, 0.2) is 42.0 Å². The predicted octanol–water partition coefficient (Wildman–Crippen LogP) is 3.42. The van der Waals surface area contributed by atoms with E-state index in [1.54, 1.807) is 38.1 Å². The molecule has 7 nitrogen and oxygen atoms in total. The topological polar surface area (TPSA) is 95.9 Å². The minimum Gasteiger partial charge on any atom is -0.503 e. The molecule has 0 spiro atoms. The summed E-state index contributed by atoms with van der Waals surface area (Å²) in [7, 11) is 0. The van der Waals surface area contributed by atoms with Gasteiger partial charge in [-0.05, 0) is 49.2 Å². The minimum atomic E-state index is -0.819. The first-order valence-corrected chi connectivity index (χ1v) is 8.83. The molecular formula is C20H17ClN2O5. The molecule has 0 aromatic heterocycles. The molecule has 0 saturated carbocycles. The molecule has 2 aromatic carbocycles. The van der Waals surface area contributed by atoms with E-state index in [9.17, 15) is 19.5 Å². The Morgan fingerprint density at radius 2 is 1.93 bits per heavy atom. The first-order chi connectivity index (χ1) is 13.3. The summed E-state index contributed by atoms with van der Waals surface area (Å²) in [5.74, 6) is -1.69. The van der Waals surface area contributed by atoms with E-state index in [2.05, 4.69) is 5.32 Å². The molecule has 1 aliphatic heterocycles. The molecule has 3 rings (SSSR count). The first kappa shape index (κ1) is 19.4. The lowest BCUT2D eigenvalue weighted by atomic mass is 10.1. The highest BCUT2D eigenvalue weighted by Crippen LogP contribution is 2.36. The number of rotatable bonds is 4. The van der Waals surface area contributed by atoms with Gasteiger partial charge in [-0.1, -0.05) is 29.8 Å². The molecule has 0 radical (unpaired) electrons. The molecule has 28 heavy (non-hydrogen) atoms. The van der Waals surface area contributed by atoms with Gasteiger partial charge in [0.2, 0.25) is 0 Å². The molecule has 8 heteroatoms. The van der Waals surface area contributed by atoms with Crippen LogP contribution in [-0.2, 0) is 9.59 Å². The second-order valence-electron chi connectivity index (χ2n) is 6.03. The van der Waals surface area contributed by atoms with Gasteiger partial charge in [-0.25, -0.2) is 9.69 Å². The maximum absolute atomic E-state index is 12.9. The Labute approximate surface area is 166 Å². The number of anilines is 1. The van der Waals surface area contributed by atoms with Crippen LogP contribution in [0.1, 0.15) is 18.1 Å². The van der Waals surface area contributed by atoms with E-state index in [0.29, 0.717) is 23.4 Å². The molecule has 1 saturated heterocycles. The average molecular weight is 401 g/mol. The number of carbonyl (C=O) groups is 3. The summed E-state index contributed by atoms with van der Waals surface area (Å²) in [6, 6.07) is 8.86. The largest absolute Gasteiger partial charge is 0.503 e. The van der Waals surface area contributed by atoms with Crippen molar-refractivity contribution in [3.05, 3.63) is 58.1 Å². The molecule has 0 atom stereocenters. The third kappa shape index (κ3) is 3.57. The van der Waals surface area contributed by atoms with Crippen molar-refractivity contribution in [3.63, 3.8) is 0 Å². The van der Waals surface area contributed by atoms with E-state index in [4.69, 9.17) is 16.3 Å². The summed E-state index contributed by atoms with van der Waals surface area (Å²) in [5, 5.41) is 12.1. The predicted molar refractivity (Wildman–Crippen MR) is 104 cm³/mol. The Hall–Kier alpha value is -3.32. The summed E-state index contributed by atoms with van der Waals surface area (Å²) in [5.41, 5.74) is 1.20. The summed E-state index contributed by atoms with van der Waals surface area (Å²) in [4.78, 5) is 38.4. The minimum absolute atomic E-state index is 0.00769. The van der Waals surface area contributed by atoms with Gasteiger partial charge in [-0.15, -0.1) is 0 Å². The highest BCUT2D eigenvalue weighted by molar-refractivity contribution is 6.39. The second kappa shape index (κ2) is 7.74. The van der Waals surface area contributed by atoms with Crippen LogP contribution in [0, 0.1) is 6.92 Å².